The van der Waals surface area contributed by atoms with Crippen LogP contribution < -0.4 is 15.2 Å². The lowest BCUT2D eigenvalue weighted by Crippen LogP contribution is -2.04. The van der Waals surface area contributed by atoms with E-state index in [1.807, 2.05) is 49.4 Å². The highest BCUT2D eigenvalue weighted by Crippen LogP contribution is 2.32. The molecule has 134 valence electrons. The van der Waals surface area contributed by atoms with E-state index in [4.69, 9.17) is 26.8 Å². The number of aromatic nitrogens is 4. The Morgan fingerprint density at radius 1 is 1.19 bits per heavy atom. The number of benzene rings is 2. The molecule has 2 aromatic carbocycles. The Hall–Kier alpha value is -3.13. The highest BCUT2D eigenvalue weighted by Gasteiger charge is 2.11. The van der Waals surface area contributed by atoms with Crippen molar-refractivity contribution >= 4 is 23.8 Å². The number of hydrogen-bond donors (Lipinski definition) is 1. The molecule has 26 heavy (non-hydrogen) atoms. The van der Waals surface area contributed by atoms with Crippen LogP contribution in [0, 0.1) is 0 Å². The van der Waals surface area contributed by atoms with E-state index in [0.29, 0.717) is 28.7 Å². The summed E-state index contributed by atoms with van der Waals surface area (Å²) in [4.78, 5) is 1.12. The summed E-state index contributed by atoms with van der Waals surface area (Å²) in [6, 6.07) is 13.0. The maximum atomic E-state index is 6.20. The van der Waals surface area contributed by atoms with E-state index < -0.39 is 0 Å². The summed E-state index contributed by atoms with van der Waals surface area (Å²) >= 11 is 6.20. The average molecular weight is 373 g/mol. The van der Waals surface area contributed by atoms with Gasteiger partial charge in [0.1, 0.15) is 6.61 Å². The highest BCUT2D eigenvalue weighted by atomic mass is 35.5. The summed E-state index contributed by atoms with van der Waals surface area (Å²) in [7, 11) is 0. The third kappa shape index (κ3) is 4.09. The average Bonchev–Trinajstić information content (AvgIpc) is 3.05. The minimum absolute atomic E-state index is 0.0840. The molecule has 0 aliphatic heterocycles. The normalized spacial score (nSPS) is 11.0. The summed E-state index contributed by atoms with van der Waals surface area (Å²) in [6.45, 7) is 2.70. The summed E-state index contributed by atoms with van der Waals surface area (Å²) in [5.41, 5.74) is 7.18. The maximum Gasteiger partial charge on any atom is 0.263 e. The molecule has 3 rings (SSSR count). The molecule has 0 bridgehead atoms. The van der Waals surface area contributed by atoms with Crippen molar-refractivity contribution in [3.63, 3.8) is 0 Å². The lowest BCUT2D eigenvalue weighted by Gasteiger charge is -2.14. The first-order valence-electron chi connectivity index (χ1n) is 7.89. The fraction of sp³-hybridized carbons (Fsp3) is 0.176. The largest absolute Gasteiger partial charge is 0.490 e. The molecule has 8 nitrogen and oxygen atoms in total. The zero-order valence-electron chi connectivity index (χ0n) is 14.0. The molecule has 0 saturated heterocycles. The van der Waals surface area contributed by atoms with E-state index in [-0.39, 0.29) is 12.6 Å². The summed E-state index contributed by atoms with van der Waals surface area (Å²) in [6.07, 6.45) is 1.55. The first kappa shape index (κ1) is 17.7. The first-order valence-corrected chi connectivity index (χ1v) is 8.27. The standard InChI is InChI=1S/C17H17ClN6O2/c1-2-25-15-9-5-7-12(10-20-24-17(19)21-22-23-24)16(15)26-11-13-6-3-4-8-14(13)18/h3-10H,2,11H2,1H3,(H2,19,21,23)/b20-10+. The van der Waals surface area contributed by atoms with Crippen molar-refractivity contribution in [1.82, 2.24) is 20.3 Å². The second-order valence-electron chi connectivity index (χ2n) is 5.16. The van der Waals surface area contributed by atoms with Crippen molar-refractivity contribution in [2.45, 2.75) is 13.5 Å². The molecule has 0 aliphatic carbocycles. The summed E-state index contributed by atoms with van der Waals surface area (Å²) in [5.74, 6) is 1.23. The van der Waals surface area contributed by atoms with Gasteiger partial charge in [-0.2, -0.15) is 5.10 Å². The van der Waals surface area contributed by atoms with E-state index in [1.54, 1.807) is 6.21 Å². The summed E-state index contributed by atoms with van der Waals surface area (Å²) in [5, 5.41) is 15.5. The van der Waals surface area contributed by atoms with E-state index in [9.17, 15) is 0 Å². The second kappa shape index (κ2) is 8.30. The summed E-state index contributed by atoms with van der Waals surface area (Å²) < 4.78 is 11.7. The SMILES string of the molecule is CCOc1cccc(/C=N/n2nnnc2N)c1OCc1ccccc1Cl. The van der Waals surface area contributed by atoms with Gasteiger partial charge in [0.15, 0.2) is 11.5 Å². The van der Waals surface area contributed by atoms with E-state index in [2.05, 4.69) is 20.6 Å². The number of anilines is 1. The van der Waals surface area contributed by atoms with Crippen LogP contribution >= 0.6 is 11.6 Å². The van der Waals surface area contributed by atoms with Crippen molar-refractivity contribution in [3.05, 3.63) is 58.6 Å². The third-order valence-corrected chi connectivity index (χ3v) is 3.79. The molecule has 1 aromatic heterocycles. The van der Waals surface area contributed by atoms with Crippen molar-refractivity contribution in [2.24, 2.45) is 5.10 Å². The van der Waals surface area contributed by atoms with Crippen LogP contribution in [-0.2, 0) is 6.61 Å². The zero-order valence-corrected chi connectivity index (χ0v) is 14.8. The van der Waals surface area contributed by atoms with E-state index >= 15 is 0 Å². The van der Waals surface area contributed by atoms with Gasteiger partial charge in [0.2, 0.25) is 0 Å². The van der Waals surface area contributed by atoms with Crippen molar-refractivity contribution in [2.75, 3.05) is 12.3 Å². The van der Waals surface area contributed by atoms with Gasteiger partial charge >= 0.3 is 0 Å². The van der Waals surface area contributed by atoms with Crippen molar-refractivity contribution in [1.29, 1.82) is 0 Å². The van der Waals surface area contributed by atoms with Gasteiger partial charge in [0, 0.05) is 16.1 Å². The smallest absolute Gasteiger partial charge is 0.263 e. The topological polar surface area (TPSA) is 100 Å². The number of rotatable bonds is 7. The van der Waals surface area contributed by atoms with Gasteiger partial charge in [-0.15, -0.1) is 0 Å². The van der Waals surface area contributed by atoms with Crippen LogP contribution in [0.5, 0.6) is 11.5 Å². The molecule has 0 unspecified atom stereocenters. The fourth-order valence-corrected chi connectivity index (χ4v) is 2.40. The molecule has 9 heteroatoms. The molecule has 0 atom stereocenters. The molecule has 0 spiro atoms. The van der Waals surface area contributed by atoms with Gasteiger partial charge in [-0.05, 0) is 35.5 Å². The van der Waals surface area contributed by atoms with Crippen LogP contribution in [0.1, 0.15) is 18.1 Å². The number of halogens is 1. The van der Waals surface area contributed by atoms with Crippen LogP contribution in [-0.4, -0.2) is 33.1 Å². The number of para-hydroxylation sites is 1. The Kier molecular flexibility index (Phi) is 5.65. The molecule has 2 N–H and O–H groups in total. The first-order chi connectivity index (χ1) is 12.7. The van der Waals surface area contributed by atoms with E-state index in [1.165, 1.54) is 0 Å². The molecule has 0 amide bonds. The minimum Gasteiger partial charge on any atom is -0.490 e. The zero-order chi connectivity index (χ0) is 18.4. The molecular formula is C17H17ClN6O2. The Morgan fingerprint density at radius 3 is 2.77 bits per heavy atom. The molecule has 3 aromatic rings. The number of hydrogen-bond acceptors (Lipinski definition) is 7. The van der Waals surface area contributed by atoms with Crippen LogP contribution in [0.25, 0.3) is 0 Å². The Bertz CT molecular complexity index is 912. The maximum absolute atomic E-state index is 6.20. The molecule has 0 saturated carbocycles. The Morgan fingerprint density at radius 2 is 2.04 bits per heavy atom. The lowest BCUT2D eigenvalue weighted by atomic mass is 10.2. The van der Waals surface area contributed by atoms with Crippen LogP contribution in [0.15, 0.2) is 47.6 Å². The van der Waals surface area contributed by atoms with Gasteiger partial charge in [-0.1, -0.05) is 45.8 Å². The minimum atomic E-state index is 0.0840. The number of nitrogens with two attached hydrogens (primary N) is 1. The van der Waals surface area contributed by atoms with Gasteiger partial charge in [-0.25, -0.2) is 0 Å². The number of ether oxygens (including phenoxy) is 2. The van der Waals surface area contributed by atoms with Gasteiger partial charge in [0.05, 0.1) is 12.8 Å². The molecule has 0 radical (unpaired) electrons. The quantitative estimate of drug-likeness (QED) is 0.640. The second-order valence-corrected chi connectivity index (χ2v) is 5.57. The van der Waals surface area contributed by atoms with E-state index in [0.717, 1.165) is 10.4 Å². The molecular weight excluding hydrogens is 356 g/mol. The number of tetrazole rings is 1. The molecule has 1 heterocycles. The van der Waals surface area contributed by atoms with Crippen LogP contribution in [0.4, 0.5) is 5.95 Å². The van der Waals surface area contributed by atoms with Gasteiger partial charge in [0.25, 0.3) is 5.95 Å². The highest BCUT2D eigenvalue weighted by molar-refractivity contribution is 6.31. The lowest BCUT2D eigenvalue weighted by molar-refractivity contribution is 0.269. The predicted molar refractivity (Wildman–Crippen MR) is 98.6 cm³/mol. The van der Waals surface area contributed by atoms with Gasteiger partial charge in [-0.3, -0.25) is 0 Å². The van der Waals surface area contributed by atoms with Crippen molar-refractivity contribution in [3.8, 4) is 11.5 Å². The molecule has 0 aliphatic rings. The third-order valence-electron chi connectivity index (χ3n) is 3.42. The Balaban J connectivity index is 1.89. The number of nitrogens with zero attached hydrogens (tertiary/aromatic N) is 5. The monoisotopic (exact) mass is 372 g/mol. The van der Waals surface area contributed by atoms with Gasteiger partial charge < -0.3 is 15.2 Å². The van der Waals surface area contributed by atoms with Crippen molar-refractivity contribution < 1.29 is 9.47 Å². The number of nitrogen functional groups attached to an aromatic ring is 1. The Labute approximate surface area is 155 Å². The molecule has 0 fully saturated rings. The fourth-order valence-electron chi connectivity index (χ4n) is 2.21. The predicted octanol–water partition coefficient (Wildman–Crippen LogP) is 2.77. The van der Waals surface area contributed by atoms with Crippen LogP contribution in [0.3, 0.4) is 0 Å². The van der Waals surface area contributed by atoms with Crippen LogP contribution in [0.2, 0.25) is 5.02 Å².